The van der Waals surface area contributed by atoms with Gasteiger partial charge in [0.1, 0.15) is 17.2 Å². The van der Waals surface area contributed by atoms with Gasteiger partial charge in [0.05, 0.1) is 5.69 Å². The van der Waals surface area contributed by atoms with Gasteiger partial charge in [-0.15, -0.1) is 0 Å². The second-order valence-electron chi connectivity index (χ2n) is 9.37. The van der Waals surface area contributed by atoms with Crippen LogP contribution in [0.4, 0.5) is 16.4 Å². The van der Waals surface area contributed by atoms with Crippen LogP contribution in [0.1, 0.15) is 71.2 Å². The molecule has 0 fully saturated rings. The third kappa shape index (κ3) is 5.75. The molecule has 31 heavy (non-hydrogen) atoms. The molecule has 0 radical (unpaired) electrons. The van der Waals surface area contributed by atoms with Crippen LogP contribution < -0.4 is 10.6 Å². The Bertz CT molecular complexity index is 1050. The first-order valence-corrected chi connectivity index (χ1v) is 10.8. The van der Waals surface area contributed by atoms with Crippen molar-refractivity contribution in [3.63, 3.8) is 0 Å². The summed E-state index contributed by atoms with van der Waals surface area (Å²) in [6.07, 6.45) is 0.165. The molecule has 0 unspecified atom stereocenters. The van der Waals surface area contributed by atoms with Gasteiger partial charge in [0, 0.05) is 24.1 Å². The molecular formula is C24H33N5O2. The van der Waals surface area contributed by atoms with Crippen LogP contribution in [-0.2, 0) is 11.2 Å². The predicted octanol–water partition coefficient (Wildman–Crippen LogP) is 5.61. The summed E-state index contributed by atoms with van der Waals surface area (Å²) in [5.41, 5.74) is 3.33. The second kappa shape index (κ2) is 8.96. The van der Waals surface area contributed by atoms with Gasteiger partial charge in [0.2, 0.25) is 0 Å². The quantitative estimate of drug-likeness (QED) is 0.538. The molecule has 166 valence electrons. The molecule has 0 atom stereocenters. The van der Waals surface area contributed by atoms with Crippen LogP contribution in [0.2, 0.25) is 0 Å². The van der Waals surface area contributed by atoms with Gasteiger partial charge in [-0.05, 0) is 46.1 Å². The molecule has 0 bridgehead atoms. The third-order valence-electron chi connectivity index (χ3n) is 4.56. The fraction of sp³-hybridized carbons (Fsp3) is 0.458. The Hall–Kier alpha value is -3.09. The van der Waals surface area contributed by atoms with Gasteiger partial charge in [-0.25, -0.2) is 9.78 Å². The number of carbonyl (C=O) groups excluding carboxylic acids is 1. The lowest BCUT2D eigenvalue weighted by Crippen LogP contribution is -2.28. The number of amides is 1. The molecule has 0 saturated heterocycles. The maximum absolute atomic E-state index is 12.5. The van der Waals surface area contributed by atoms with Gasteiger partial charge in [0.15, 0.2) is 5.65 Å². The van der Waals surface area contributed by atoms with Crippen LogP contribution in [0.5, 0.6) is 0 Å². The first kappa shape index (κ1) is 22.6. The van der Waals surface area contributed by atoms with E-state index in [1.165, 1.54) is 5.56 Å². The molecule has 2 aromatic heterocycles. The average molecular weight is 424 g/mol. The van der Waals surface area contributed by atoms with E-state index < -0.39 is 11.7 Å². The van der Waals surface area contributed by atoms with Crippen molar-refractivity contribution in [2.45, 2.75) is 72.4 Å². The monoisotopic (exact) mass is 423 g/mol. The molecule has 1 amide bonds. The number of ether oxygens (including phenoxy) is 1. The molecule has 0 aliphatic carbocycles. The molecule has 2 N–H and O–H groups in total. The number of nitrogens with zero attached hydrogens (tertiary/aromatic N) is 3. The standard InChI is InChI=1S/C24H33N5O2/c1-15(2)21-18(13-17-11-9-8-10-12-17)28-29-20(27-23(30)31-24(5,6)7)14-19(25-16(3)4)26-22(21)29/h8-12,14-16H,13H2,1-7H3,(H,25,26)(H,27,30). The van der Waals surface area contributed by atoms with Crippen LogP contribution in [0, 0.1) is 0 Å². The average Bonchev–Trinajstić information content (AvgIpc) is 2.98. The van der Waals surface area contributed by atoms with Crippen molar-refractivity contribution in [1.82, 2.24) is 14.6 Å². The highest BCUT2D eigenvalue weighted by Gasteiger charge is 2.23. The summed E-state index contributed by atoms with van der Waals surface area (Å²) in [6, 6.07) is 12.2. The summed E-state index contributed by atoms with van der Waals surface area (Å²) in [5.74, 6) is 1.41. The van der Waals surface area contributed by atoms with E-state index in [9.17, 15) is 4.79 Å². The minimum Gasteiger partial charge on any atom is -0.444 e. The second-order valence-corrected chi connectivity index (χ2v) is 9.37. The fourth-order valence-electron chi connectivity index (χ4n) is 3.46. The largest absolute Gasteiger partial charge is 0.444 e. The van der Waals surface area contributed by atoms with Gasteiger partial charge in [-0.3, -0.25) is 5.32 Å². The molecule has 0 spiro atoms. The summed E-state index contributed by atoms with van der Waals surface area (Å²) in [6.45, 7) is 13.9. The zero-order valence-electron chi connectivity index (χ0n) is 19.5. The van der Waals surface area contributed by atoms with Crippen molar-refractivity contribution in [3.05, 3.63) is 53.2 Å². The Morgan fingerprint density at radius 3 is 2.39 bits per heavy atom. The van der Waals surface area contributed by atoms with Gasteiger partial charge < -0.3 is 10.1 Å². The number of rotatable bonds is 6. The topological polar surface area (TPSA) is 80.5 Å². The number of aromatic nitrogens is 3. The third-order valence-corrected chi connectivity index (χ3v) is 4.56. The summed E-state index contributed by atoms with van der Waals surface area (Å²) in [5, 5.41) is 11.1. The van der Waals surface area contributed by atoms with Crippen molar-refractivity contribution in [3.8, 4) is 0 Å². The van der Waals surface area contributed by atoms with E-state index in [0.717, 1.165) is 16.9 Å². The van der Waals surface area contributed by atoms with Crippen molar-refractivity contribution in [2.24, 2.45) is 0 Å². The van der Waals surface area contributed by atoms with E-state index in [0.29, 0.717) is 18.1 Å². The van der Waals surface area contributed by atoms with E-state index in [2.05, 4.69) is 36.6 Å². The van der Waals surface area contributed by atoms with Gasteiger partial charge in [0.25, 0.3) is 0 Å². The number of nitrogens with one attached hydrogen (secondary N) is 2. The maximum Gasteiger partial charge on any atom is 0.413 e. The number of hydrogen-bond donors (Lipinski definition) is 2. The highest BCUT2D eigenvalue weighted by Crippen LogP contribution is 2.29. The van der Waals surface area contributed by atoms with E-state index in [4.69, 9.17) is 14.8 Å². The van der Waals surface area contributed by atoms with Crippen molar-refractivity contribution in [1.29, 1.82) is 0 Å². The summed E-state index contributed by atoms with van der Waals surface area (Å²) in [7, 11) is 0. The number of fused-ring (bicyclic) bond motifs is 1. The molecule has 3 aromatic rings. The van der Waals surface area contributed by atoms with Crippen LogP contribution in [0.15, 0.2) is 36.4 Å². The maximum atomic E-state index is 12.5. The molecule has 2 heterocycles. The Balaban J connectivity index is 2.12. The van der Waals surface area contributed by atoms with Crippen LogP contribution in [0.3, 0.4) is 0 Å². The lowest BCUT2D eigenvalue weighted by atomic mass is 9.99. The fourth-order valence-corrected chi connectivity index (χ4v) is 3.46. The van der Waals surface area contributed by atoms with Crippen molar-refractivity contribution < 1.29 is 9.53 Å². The Morgan fingerprint density at radius 1 is 1.13 bits per heavy atom. The number of hydrogen-bond acceptors (Lipinski definition) is 5. The number of carbonyl (C=O) groups is 1. The molecule has 3 rings (SSSR count). The number of benzene rings is 1. The van der Waals surface area contributed by atoms with E-state index >= 15 is 0 Å². The normalized spacial score (nSPS) is 11.9. The van der Waals surface area contributed by atoms with Gasteiger partial charge in [-0.2, -0.15) is 9.61 Å². The van der Waals surface area contributed by atoms with Crippen LogP contribution in [0.25, 0.3) is 5.65 Å². The number of anilines is 2. The van der Waals surface area contributed by atoms with Crippen LogP contribution in [-0.4, -0.2) is 32.3 Å². The molecule has 1 aromatic carbocycles. The van der Waals surface area contributed by atoms with E-state index in [-0.39, 0.29) is 12.0 Å². The molecule has 0 saturated carbocycles. The lowest BCUT2D eigenvalue weighted by molar-refractivity contribution is 0.0635. The van der Waals surface area contributed by atoms with Gasteiger partial charge >= 0.3 is 6.09 Å². The van der Waals surface area contributed by atoms with E-state index in [1.54, 1.807) is 10.6 Å². The molecule has 0 aliphatic rings. The SMILES string of the molecule is CC(C)Nc1cc(NC(=O)OC(C)(C)C)n2nc(Cc3ccccc3)c(C(C)C)c2n1. The molecule has 7 heteroatoms. The Kier molecular flexibility index (Phi) is 6.53. The summed E-state index contributed by atoms with van der Waals surface area (Å²) >= 11 is 0. The highest BCUT2D eigenvalue weighted by atomic mass is 16.6. The first-order chi connectivity index (χ1) is 14.5. The van der Waals surface area contributed by atoms with Crippen molar-refractivity contribution in [2.75, 3.05) is 10.6 Å². The minimum atomic E-state index is -0.596. The van der Waals surface area contributed by atoms with Crippen LogP contribution >= 0.6 is 0 Å². The molecule has 7 nitrogen and oxygen atoms in total. The predicted molar refractivity (Wildman–Crippen MR) is 125 cm³/mol. The first-order valence-electron chi connectivity index (χ1n) is 10.8. The Labute approximate surface area is 184 Å². The smallest absolute Gasteiger partial charge is 0.413 e. The lowest BCUT2D eigenvalue weighted by Gasteiger charge is -2.20. The zero-order chi connectivity index (χ0) is 22.8. The highest BCUT2D eigenvalue weighted by molar-refractivity contribution is 5.85. The molecular weight excluding hydrogens is 390 g/mol. The van der Waals surface area contributed by atoms with Crippen molar-refractivity contribution >= 4 is 23.4 Å². The Morgan fingerprint density at radius 2 is 1.81 bits per heavy atom. The van der Waals surface area contributed by atoms with Gasteiger partial charge in [-0.1, -0.05) is 44.2 Å². The zero-order valence-corrected chi connectivity index (χ0v) is 19.5. The minimum absolute atomic E-state index is 0.193. The van der Waals surface area contributed by atoms with E-state index in [1.807, 2.05) is 52.8 Å². The summed E-state index contributed by atoms with van der Waals surface area (Å²) < 4.78 is 7.17. The molecule has 0 aliphatic heterocycles. The summed E-state index contributed by atoms with van der Waals surface area (Å²) in [4.78, 5) is 17.3.